The summed E-state index contributed by atoms with van der Waals surface area (Å²) in [5.41, 5.74) is 0.396. The molecule has 1 aromatic rings. The van der Waals surface area contributed by atoms with Crippen LogP contribution >= 0.6 is 11.6 Å². The molecule has 0 bridgehead atoms. The summed E-state index contributed by atoms with van der Waals surface area (Å²) < 4.78 is 15.6. The van der Waals surface area contributed by atoms with Gasteiger partial charge >= 0.3 is 0 Å². The van der Waals surface area contributed by atoms with Crippen molar-refractivity contribution in [3.05, 3.63) is 17.7 Å². The summed E-state index contributed by atoms with van der Waals surface area (Å²) in [5.74, 6) is 1.18. The quantitative estimate of drug-likeness (QED) is 0.786. The van der Waals surface area contributed by atoms with E-state index in [0.717, 1.165) is 0 Å². The van der Waals surface area contributed by atoms with Gasteiger partial charge in [0.05, 0.1) is 26.9 Å². The fraction of sp³-hybridized carbons (Fsp3) is 0.500. The third-order valence-electron chi connectivity index (χ3n) is 2.78. The lowest BCUT2D eigenvalue weighted by atomic mass is 10.1. The molecule has 1 unspecified atom stereocenters. The highest BCUT2D eigenvalue weighted by molar-refractivity contribution is 6.20. The third-order valence-corrected chi connectivity index (χ3v) is 3.00. The van der Waals surface area contributed by atoms with Crippen molar-refractivity contribution in [2.24, 2.45) is 0 Å². The molecular weight excluding hydrogens is 282 g/mol. The Morgan fingerprint density at radius 2 is 1.70 bits per heavy atom. The van der Waals surface area contributed by atoms with Crippen LogP contribution in [0.25, 0.3) is 0 Å². The van der Waals surface area contributed by atoms with Crippen LogP contribution in [0.4, 0.5) is 0 Å². The molecule has 0 aliphatic rings. The smallest absolute Gasteiger partial charge is 0.255 e. The summed E-state index contributed by atoms with van der Waals surface area (Å²) in [6.07, 6.45) is 0.697. The first-order valence-electron chi connectivity index (χ1n) is 6.25. The number of halogens is 1. The van der Waals surface area contributed by atoms with Crippen LogP contribution in [-0.4, -0.2) is 39.2 Å². The molecule has 0 aromatic heterocycles. The number of hydrogen-bond acceptors (Lipinski definition) is 4. The first-order valence-corrected chi connectivity index (χ1v) is 6.69. The van der Waals surface area contributed by atoms with Gasteiger partial charge in [-0.05, 0) is 13.3 Å². The number of benzene rings is 1. The maximum atomic E-state index is 12.1. The summed E-state index contributed by atoms with van der Waals surface area (Å²) in [6.45, 7) is 2.38. The van der Waals surface area contributed by atoms with Crippen molar-refractivity contribution in [2.45, 2.75) is 18.7 Å². The molecule has 0 fully saturated rings. The van der Waals surface area contributed by atoms with Crippen LogP contribution in [0.2, 0.25) is 0 Å². The van der Waals surface area contributed by atoms with Crippen molar-refractivity contribution in [3.8, 4) is 17.2 Å². The average molecular weight is 302 g/mol. The van der Waals surface area contributed by atoms with E-state index in [1.54, 1.807) is 12.1 Å². The predicted octanol–water partition coefficient (Wildman–Crippen LogP) is 2.46. The Balaban J connectivity index is 2.94. The maximum Gasteiger partial charge on any atom is 0.255 e. The van der Waals surface area contributed by atoms with E-state index in [9.17, 15) is 4.79 Å². The minimum atomic E-state index is -0.236. The maximum absolute atomic E-state index is 12.1. The minimum Gasteiger partial charge on any atom is -0.496 e. The summed E-state index contributed by atoms with van der Waals surface area (Å²) in [5, 5.41) is 2.81. The van der Waals surface area contributed by atoms with Gasteiger partial charge in [0.25, 0.3) is 5.91 Å². The van der Waals surface area contributed by atoms with E-state index in [1.165, 1.54) is 21.3 Å². The summed E-state index contributed by atoms with van der Waals surface area (Å²) >= 11 is 5.84. The molecule has 0 saturated heterocycles. The number of carbonyl (C=O) groups excluding carboxylic acids is 1. The topological polar surface area (TPSA) is 56.8 Å². The van der Waals surface area contributed by atoms with Gasteiger partial charge in [0, 0.05) is 24.1 Å². The molecule has 0 saturated carbocycles. The highest BCUT2D eigenvalue weighted by atomic mass is 35.5. The Morgan fingerprint density at radius 1 is 1.15 bits per heavy atom. The molecule has 0 aliphatic carbocycles. The standard InChI is InChI=1S/C14H20ClNO4/c1-9(15)5-6-16-14(17)10-7-12(19-3)13(20-4)8-11(10)18-2/h7-9H,5-6H2,1-4H3,(H,16,17). The average Bonchev–Trinajstić information content (AvgIpc) is 2.45. The number of nitrogens with one attached hydrogen (secondary N) is 1. The Bertz CT molecular complexity index is 463. The van der Waals surface area contributed by atoms with Crippen LogP contribution in [0.1, 0.15) is 23.7 Å². The van der Waals surface area contributed by atoms with E-state index in [1.807, 2.05) is 6.92 Å². The molecule has 0 radical (unpaired) electrons. The third kappa shape index (κ3) is 4.20. The van der Waals surface area contributed by atoms with Gasteiger partial charge in [0.1, 0.15) is 5.75 Å². The normalized spacial score (nSPS) is 11.7. The van der Waals surface area contributed by atoms with Crippen LogP contribution in [-0.2, 0) is 0 Å². The van der Waals surface area contributed by atoms with E-state index < -0.39 is 0 Å². The van der Waals surface area contributed by atoms with Gasteiger partial charge in [-0.2, -0.15) is 0 Å². The molecule has 5 nitrogen and oxygen atoms in total. The molecule has 1 N–H and O–H groups in total. The van der Waals surface area contributed by atoms with Crippen molar-refractivity contribution in [2.75, 3.05) is 27.9 Å². The van der Waals surface area contributed by atoms with Crippen LogP contribution in [0.5, 0.6) is 17.2 Å². The van der Waals surface area contributed by atoms with Gasteiger partial charge in [-0.15, -0.1) is 11.6 Å². The predicted molar refractivity (Wildman–Crippen MR) is 78.4 cm³/mol. The lowest BCUT2D eigenvalue weighted by molar-refractivity contribution is 0.0950. The molecule has 6 heteroatoms. The Labute approximate surface area is 124 Å². The summed E-state index contributed by atoms with van der Waals surface area (Å²) in [6, 6.07) is 3.22. The summed E-state index contributed by atoms with van der Waals surface area (Å²) in [4.78, 5) is 12.1. The zero-order valence-electron chi connectivity index (χ0n) is 12.2. The number of ether oxygens (including phenoxy) is 3. The van der Waals surface area contributed by atoms with Crippen molar-refractivity contribution >= 4 is 17.5 Å². The first-order chi connectivity index (χ1) is 9.53. The number of methoxy groups -OCH3 is 3. The second kappa shape index (κ2) is 7.85. The van der Waals surface area contributed by atoms with Crippen LogP contribution in [0, 0.1) is 0 Å². The lowest BCUT2D eigenvalue weighted by Gasteiger charge is -2.14. The number of carbonyl (C=O) groups is 1. The van der Waals surface area contributed by atoms with Crippen molar-refractivity contribution < 1.29 is 19.0 Å². The van der Waals surface area contributed by atoms with Gasteiger partial charge in [0.2, 0.25) is 0 Å². The molecule has 0 spiro atoms. The van der Waals surface area contributed by atoms with Gasteiger partial charge in [-0.25, -0.2) is 0 Å². The largest absolute Gasteiger partial charge is 0.496 e. The highest BCUT2D eigenvalue weighted by Gasteiger charge is 2.17. The fourth-order valence-corrected chi connectivity index (χ4v) is 1.80. The first kappa shape index (κ1) is 16.4. The van der Waals surface area contributed by atoms with E-state index in [2.05, 4.69) is 5.32 Å². The fourth-order valence-electron chi connectivity index (χ4n) is 1.69. The molecular formula is C14H20ClNO4. The van der Waals surface area contributed by atoms with E-state index in [0.29, 0.717) is 35.8 Å². The minimum absolute atomic E-state index is 0.0163. The van der Waals surface area contributed by atoms with Gasteiger partial charge in [0.15, 0.2) is 11.5 Å². The second-order valence-electron chi connectivity index (χ2n) is 4.23. The van der Waals surface area contributed by atoms with Gasteiger partial charge in [-0.3, -0.25) is 4.79 Å². The summed E-state index contributed by atoms with van der Waals surface area (Å²) in [7, 11) is 4.54. The number of rotatable bonds is 7. The van der Waals surface area contributed by atoms with Crippen LogP contribution in [0.15, 0.2) is 12.1 Å². The van der Waals surface area contributed by atoms with E-state index in [4.69, 9.17) is 25.8 Å². The lowest BCUT2D eigenvalue weighted by Crippen LogP contribution is -2.26. The van der Waals surface area contributed by atoms with Crippen LogP contribution < -0.4 is 19.5 Å². The monoisotopic (exact) mass is 301 g/mol. The number of alkyl halides is 1. The zero-order valence-corrected chi connectivity index (χ0v) is 12.9. The van der Waals surface area contributed by atoms with E-state index >= 15 is 0 Å². The number of hydrogen-bond donors (Lipinski definition) is 1. The van der Waals surface area contributed by atoms with Crippen molar-refractivity contribution in [1.82, 2.24) is 5.32 Å². The molecule has 1 aromatic carbocycles. The van der Waals surface area contributed by atoms with Gasteiger partial charge < -0.3 is 19.5 Å². The Kier molecular flexibility index (Phi) is 6.45. The molecule has 1 rings (SSSR count). The van der Waals surface area contributed by atoms with Crippen molar-refractivity contribution in [1.29, 1.82) is 0 Å². The van der Waals surface area contributed by atoms with Crippen LogP contribution in [0.3, 0.4) is 0 Å². The Hall–Kier alpha value is -1.62. The Morgan fingerprint density at radius 3 is 2.20 bits per heavy atom. The molecule has 20 heavy (non-hydrogen) atoms. The molecule has 0 aliphatic heterocycles. The highest BCUT2D eigenvalue weighted by Crippen LogP contribution is 2.34. The molecule has 112 valence electrons. The number of amides is 1. The molecule has 0 heterocycles. The SMILES string of the molecule is COc1cc(OC)c(C(=O)NCCC(C)Cl)cc1OC. The van der Waals surface area contributed by atoms with Crippen molar-refractivity contribution in [3.63, 3.8) is 0 Å². The van der Waals surface area contributed by atoms with E-state index in [-0.39, 0.29) is 11.3 Å². The zero-order chi connectivity index (χ0) is 15.1. The van der Waals surface area contributed by atoms with Gasteiger partial charge in [-0.1, -0.05) is 0 Å². The second-order valence-corrected chi connectivity index (χ2v) is 4.98. The molecule has 1 amide bonds. The molecule has 1 atom stereocenters.